The molecule has 6 rings (SSSR count). The predicted molar refractivity (Wildman–Crippen MR) is 115 cm³/mol. The van der Waals surface area contributed by atoms with Crippen molar-refractivity contribution in [3.8, 4) is 0 Å². The first kappa shape index (κ1) is 13.8. The minimum atomic E-state index is 1.41. The van der Waals surface area contributed by atoms with E-state index in [0.717, 1.165) is 0 Å². The van der Waals surface area contributed by atoms with E-state index in [4.69, 9.17) is 0 Å². The van der Waals surface area contributed by atoms with E-state index in [-0.39, 0.29) is 0 Å². The molecule has 0 aliphatic carbocycles. The molecular weight excluding hydrogens is 368 g/mol. The second-order valence-electron chi connectivity index (χ2n) is 6.32. The Balaban J connectivity index is 1.95. The highest BCUT2D eigenvalue weighted by atomic mass is 32.1. The topological polar surface area (TPSA) is 0 Å². The largest absolute Gasteiger partial charge is 0.144 e. The Kier molecular flexibility index (Phi) is 2.63. The first-order valence-electron chi connectivity index (χ1n) is 7.84. The molecule has 0 amide bonds. The smallest absolute Gasteiger partial charge is 0.0545 e. The van der Waals surface area contributed by atoms with Gasteiger partial charge < -0.3 is 0 Å². The van der Waals surface area contributed by atoms with Gasteiger partial charge in [-0.25, -0.2) is 0 Å². The summed E-state index contributed by atoms with van der Waals surface area (Å²) in [6.07, 6.45) is 0. The summed E-state index contributed by atoms with van der Waals surface area (Å²) in [7, 11) is 0. The minimum absolute atomic E-state index is 1.41. The van der Waals surface area contributed by atoms with Gasteiger partial charge in [0.15, 0.2) is 0 Å². The summed E-state index contributed by atoms with van der Waals surface area (Å²) in [5.41, 5.74) is 2.83. The van der Waals surface area contributed by atoms with Crippen molar-refractivity contribution in [2.24, 2.45) is 0 Å². The van der Waals surface area contributed by atoms with Crippen molar-refractivity contribution in [2.75, 3.05) is 0 Å². The maximum absolute atomic E-state index is 2.37. The van der Waals surface area contributed by atoms with E-state index in [9.17, 15) is 0 Å². The lowest BCUT2D eigenvalue weighted by molar-refractivity contribution is 1.59. The van der Waals surface area contributed by atoms with E-state index < -0.39 is 0 Å². The van der Waals surface area contributed by atoms with Gasteiger partial charge in [-0.1, -0.05) is 0 Å². The number of thiophene rings is 4. The lowest BCUT2D eigenvalue weighted by Gasteiger charge is -2.00. The zero-order chi connectivity index (χ0) is 16.0. The monoisotopic (exact) mass is 380 g/mol. The first-order chi connectivity index (χ1) is 11.7. The molecule has 0 saturated carbocycles. The Bertz CT molecular complexity index is 1310. The van der Waals surface area contributed by atoms with Crippen molar-refractivity contribution in [3.63, 3.8) is 0 Å². The van der Waals surface area contributed by atoms with Crippen molar-refractivity contribution in [3.05, 3.63) is 46.2 Å². The van der Waals surface area contributed by atoms with Gasteiger partial charge >= 0.3 is 0 Å². The lowest BCUT2D eigenvalue weighted by Crippen LogP contribution is -1.73. The van der Waals surface area contributed by atoms with Crippen LogP contribution in [-0.2, 0) is 0 Å². The highest BCUT2D eigenvalue weighted by Crippen LogP contribution is 2.50. The molecule has 4 aromatic heterocycles. The molecule has 0 nitrogen and oxygen atoms in total. The van der Waals surface area contributed by atoms with Crippen LogP contribution in [0.4, 0.5) is 0 Å². The fourth-order valence-corrected chi connectivity index (χ4v) is 8.94. The van der Waals surface area contributed by atoms with Gasteiger partial charge in [0.05, 0.1) is 9.40 Å². The second-order valence-corrected chi connectivity index (χ2v) is 10.3. The molecule has 2 aromatic carbocycles. The lowest BCUT2D eigenvalue weighted by atomic mass is 10.1. The predicted octanol–water partition coefficient (Wildman–Crippen LogP) is 8.32. The van der Waals surface area contributed by atoms with Gasteiger partial charge in [0, 0.05) is 40.3 Å². The van der Waals surface area contributed by atoms with E-state index in [1.165, 1.54) is 60.9 Å². The van der Waals surface area contributed by atoms with Crippen LogP contribution >= 0.6 is 45.3 Å². The van der Waals surface area contributed by atoms with E-state index in [2.05, 4.69) is 48.9 Å². The summed E-state index contributed by atoms with van der Waals surface area (Å²) >= 11 is 7.68. The van der Waals surface area contributed by atoms with Crippen molar-refractivity contribution in [1.29, 1.82) is 0 Å². The number of aryl methyl sites for hydroxylation is 2. The third-order valence-corrected chi connectivity index (χ3v) is 9.22. The van der Waals surface area contributed by atoms with Gasteiger partial charge in [-0.3, -0.25) is 0 Å². The molecular formula is C20H12S4. The van der Waals surface area contributed by atoms with Crippen LogP contribution in [0, 0.1) is 13.8 Å². The number of hydrogen-bond acceptors (Lipinski definition) is 4. The van der Waals surface area contributed by atoms with E-state index in [1.54, 1.807) is 0 Å². The Morgan fingerprint density at radius 3 is 1.54 bits per heavy atom. The number of hydrogen-bond donors (Lipinski definition) is 0. The average Bonchev–Trinajstić information content (AvgIpc) is 3.26. The molecule has 116 valence electrons. The molecule has 0 aliphatic heterocycles. The normalized spacial score (nSPS) is 12.6. The van der Waals surface area contributed by atoms with Gasteiger partial charge in [-0.05, 0) is 60.0 Å². The highest BCUT2D eigenvalue weighted by Gasteiger charge is 2.19. The van der Waals surface area contributed by atoms with Gasteiger partial charge in [-0.15, -0.1) is 45.3 Å². The Morgan fingerprint density at radius 1 is 0.625 bits per heavy atom. The van der Waals surface area contributed by atoms with E-state index >= 15 is 0 Å². The van der Waals surface area contributed by atoms with E-state index in [1.807, 2.05) is 45.3 Å². The van der Waals surface area contributed by atoms with Crippen LogP contribution in [0.1, 0.15) is 11.1 Å². The molecule has 0 atom stereocenters. The molecule has 4 heterocycles. The van der Waals surface area contributed by atoms with Crippen molar-refractivity contribution in [2.45, 2.75) is 13.8 Å². The fourth-order valence-electron chi connectivity index (χ4n) is 3.81. The third kappa shape index (κ3) is 1.58. The summed E-state index contributed by atoms with van der Waals surface area (Å²) in [6.45, 7) is 4.54. The zero-order valence-corrected chi connectivity index (χ0v) is 16.4. The third-order valence-electron chi connectivity index (χ3n) is 4.89. The van der Waals surface area contributed by atoms with Gasteiger partial charge in [0.1, 0.15) is 0 Å². The van der Waals surface area contributed by atoms with E-state index in [0.29, 0.717) is 0 Å². The van der Waals surface area contributed by atoms with Crippen LogP contribution in [0.25, 0.3) is 49.7 Å². The quantitative estimate of drug-likeness (QED) is 0.248. The second kappa shape index (κ2) is 4.58. The molecule has 0 spiro atoms. The molecule has 0 saturated heterocycles. The number of benzene rings is 2. The molecule has 4 heteroatoms. The standard InChI is InChI=1S/C20H12S4/c1-9-7-13-11(3-5-21-13)17-15(9)19-20(23-17)16-10(2)8-14-12(4-6-22-14)18(16)24-19/h3-8H,1-2H3. The summed E-state index contributed by atoms with van der Waals surface area (Å²) in [5.74, 6) is 0. The molecule has 0 bridgehead atoms. The summed E-state index contributed by atoms with van der Waals surface area (Å²) in [4.78, 5) is 0. The van der Waals surface area contributed by atoms with Crippen LogP contribution in [0.3, 0.4) is 0 Å². The van der Waals surface area contributed by atoms with Gasteiger partial charge in [-0.2, -0.15) is 0 Å². The van der Waals surface area contributed by atoms with Crippen LogP contribution in [-0.4, -0.2) is 0 Å². The van der Waals surface area contributed by atoms with Crippen molar-refractivity contribution >= 4 is 95.1 Å². The SMILES string of the molecule is Cc1cc2sccc2c2sc3c(sc4c5ccsc5cc(C)c43)c12. The maximum Gasteiger partial charge on any atom is 0.0545 e. The molecule has 24 heavy (non-hydrogen) atoms. The summed E-state index contributed by atoms with van der Waals surface area (Å²) < 4.78 is 8.73. The molecule has 0 fully saturated rings. The van der Waals surface area contributed by atoms with Gasteiger partial charge in [0.25, 0.3) is 0 Å². The fraction of sp³-hybridized carbons (Fsp3) is 0.100. The Labute approximate surface area is 154 Å². The zero-order valence-electron chi connectivity index (χ0n) is 13.1. The Hall–Kier alpha value is -1.46. The van der Waals surface area contributed by atoms with Crippen molar-refractivity contribution < 1.29 is 0 Å². The minimum Gasteiger partial charge on any atom is -0.144 e. The number of fused-ring (bicyclic) bond motifs is 9. The summed E-state index contributed by atoms with van der Waals surface area (Å²) in [6, 6.07) is 9.31. The summed E-state index contributed by atoms with van der Waals surface area (Å²) in [5, 5.41) is 10.2. The Morgan fingerprint density at radius 2 is 1.08 bits per heavy atom. The van der Waals surface area contributed by atoms with Crippen LogP contribution in [0.5, 0.6) is 0 Å². The van der Waals surface area contributed by atoms with Crippen LogP contribution in [0.2, 0.25) is 0 Å². The average molecular weight is 381 g/mol. The molecule has 0 aliphatic rings. The number of rotatable bonds is 0. The molecule has 0 N–H and O–H groups in total. The van der Waals surface area contributed by atoms with Crippen LogP contribution in [0.15, 0.2) is 35.0 Å². The van der Waals surface area contributed by atoms with Crippen molar-refractivity contribution in [1.82, 2.24) is 0 Å². The maximum atomic E-state index is 2.37. The molecule has 6 aromatic rings. The first-order valence-corrected chi connectivity index (χ1v) is 11.2. The van der Waals surface area contributed by atoms with Gasteiger partial charge in [0.2, 0.25) is 0 Å². The molecule has 0 radical (unpaired) electrons. The van der Waals surface area contributed by atoms with Crippen LogP contribution < -0.4 is 0 Å². The molecule has 0 unspecified atom stereocenters. The highest BCUT2D eigenvalue weighted by molar-refractivity contribution is 7.38.